The number of hydrogen-bond donors (Lipinski definition) is 1. The molecule has 0 aromatic heterocycles. The van der Waals surface area contributed by atoms with E-state index >= 15 is 0 Å². The molecule has 2 atom stereocenters. The molecule has 1 fully saturated rings. The van der Waals surface area contributed by atoms with Gasteiger partial charge in [-0.25, -0.2) is 4.79 Å². The second kappa shape index (κ2) is 5.72. The van der Waals surface area contributed by atoms with Crippen molar-refractivity contribution in [3.63, 3.8) is 0 Å². The number of Topliss-reactive ketones (excluding diaryl/α,β-unsaturated/α-hetero) is 1. The van der Waals surface area contributed by atoms with Crippen LogP contribution in [0.5, 0.6) is 0 Å². The summed E-state index contributed by atoms with van der Waals surface area (Å²) in [7, 11) is 0. The van der Waals surface area contributed by atoms with Gasteiger partial charge in [-0.15, -0.1) is 0 Å². The Morgan fingerprint density at radius 3 is 2.44 bits per heavy atom. The summed E-state index contributed by atoms with van der Waals surface area (Å²) < 4.78 is 5.14. The van der Waals surface area contributed by atoms with Gasteiger partial charge in [0.1, 0.15) is 11.4 Å². The van der Waals surface area contributed by atoms with Gasteiger partial charge >= 0.3 is 6.09 Å². The maximum absolute atomic E-state index is 11.8. The SMILES string of the molecule is CC(C)CC(=O)[C@H]1C[C@H]1CNC(=O)OC(C)(C)C. The number of hydrogen-bond acceptors (Lipinski definition) is 3. The third-order valence-electron chi connectivity index (χ3n) is 2.85. The molecule has 4 nitrogen and oxygen atoms in total. The number of carbonyl (C=O) groups is 2. The van der Waals surface area contributed by atoms with Gasteiger partial charge in [0.05, 0.1) is 0 Å². The van der Waals surface area contributed by atoms with Crippen molar-refractivity contribution in [3.05, 3.63) is 0 Å². The molecule has 0 bridgehead atoms. The van der Waals surface area contributed by atoms with E-state index in [-0.39, 0.29) is 5.92 Å². The summed E-state index contributed by atoms with van der Waals surface area (Å²) in [6.07, 6.45) is 1.15. The zero-order valence-corrected chi connectivity index (χ0v) is 12.1. The fraction of sp³-hybridized carbons (Fsp3) is 0.857. The third kappa shape index (κ3) is 5.52. The molecule has 0 heterocycles. The van der Waals surface area contributed by atoms with Crippen molar-refractivity contribution in [2.45, 2.75) is 53.1 Å². The van der Waals surface area contributed by atoms with Gasteiger partial charge in [-0.3, -0.25) is 4.79 Å². The van der Waals surface area contributed by atoms with Crippen molar-refractivity contribution < 1.29 is 14.3 Å². The number of nitrogens with one attached hydrogen (secondary N) is 1. The van der Waals surface area contributed by atoms with E-state index in [1.54, 1.807) is 0 Å². The zero-order valence-electron chi connectivity index (χ0n) is 12.1. The highest BCUT2D eigenvalue weighted by molar-refractivity contribution is 5.84. The second-order valence-corrected chi connectivity index (χ2v) is 6.55. The van der Waals surface area contributed by atoms with Crippen molar-refractivity contribution in [1.82, 2.24) is 5.32 Å². The molecule has 1 amide bonds. The summed E-state index contributed by atoms with van der Waals surface area (Å²) in [5.74, 6) is 1.21. The number of ether oxygens (including phenoxy) is 1. The van der Waals surface area contributed by atoms with Crippen LogP contribution in [0.1, 0.15) is 47.5 Å². The summed E-state index contributed by atoms with van der Waals surface area (Å²) >= 11 is 0. The first-order chi connectivity index (χ1) is 8.19. The average molecular weight is 255 g/mol. The Morgan fingerprint density at radius 2 is 1.94 bits per heavy atom. The lowest BCUT2D eigenvalue weighted by Crippen LogP contribution is -2.33. The van der Waals surface area contributed by atoms with E-state index in [1.807, 2.05) is 34.6 Å². The predicted molar refractivity (Wildman–Crippen MR) is 70.3 cm³/mol. The molecule has 1 N–H and O–H groups in total. The lowest BCUT2D eigenvalue weighted by Gasteiger charge is -2.19. The maximum atomic E-state index is 11.8. The molecule has 1 aliphatic rings. The van der Waals surface area contributed by atoms with Crippen molar-refractivity contribution in [1.29, 1.82) is 0 Å². The molecule has 18 heavy (non-hydrogen) atoms. The number of ketones is 1. The lowest BCUT2D eigenvalue weighted by atomic mass is 10.0. The Hall–Kier alpha value is -1.06. The Morgan fingerprint density at radius 1 is 1.33 bits per heavy atom. The highest BCUT2D eigenvalue weighted by Crippen LogP contribution is 2.39. The number of carbonyl (C=O) groups excluding carboxylic acids is 2. The van der Waals surface area contributed by atoms with Gasteiger partial charge in [-0.05, 0) is 39.0 Å². The second-order valence-electron chi connectivity index (χ2n) is 6.55. The summed E-state index contributed by atoms with van der Waals surface area (Å²) in [5, 5.41) is 2.73. The van der Waals surface area contributed by atoms with Crippen LogP contribution in [0.3, 0.4) is 0 Å². The van der Waals surface area contributed by atoms with Crippen LogP contribution in [0, 0.1) is 17.8 Å². The van der Waals surface area contributed by atoms with Gasteiger partial charge in [0.15, 0.2) is 0 Å². The van der Waals surface area contributed by atoms with Gasteiger partial charge in [-0.2, -0.15) is 0 Å². The van der Waals surface area contributed by atoms with Gasteiger partial charge in [0, 0.05) is 18.9 Å². The number of amides is 1. The molecular formula is C14H25NO3. The van der Waals surface area contributed by atoms with E-state index < -0.39 is 11.7 Å². The quantitative estimate of drug-likeness (QED) is 0.821. The van der Waals surface area contributed by atoms with Gasteiger partial charge in [0.2, 0.25) is 0 Å². The van der Waals surface area contributed by atoms with Crippen LogP contribution in [0.4, 0.5) is 4.79 Å². The molecule has 1 saturated carbocycles. The molecule has 0 aromatic rings. The van der Waals surface area contributed by atoms with Crippen molar-refractivity contribution in [2.24, 2.45) is 17.8 Å². The third-order valence-corrected chi connectivity index (χ3v) is 2.85. The molecular weight excluding hydrogens is 230 g/mol. The van der Waals surface area contributed by atoms with Gasteiger partial charge in [-0.1, -0.05) is 13.8 Å². The zero-order chi connectivity index (χ0) is 13.9. The molecule has 0 aliphatic heterocycles. The predicted octanol–water partition coefficient (Wildman–Crippen LogP) is 2.76. The van der Waals surface area contributed by atoms with Crippen LogP contribution < -0.4 is 5.32 Å². The van der Waals surface area contributed by atoms with Crippen LogP contribution in [0.2, 0.25) is 0 Å². The molecule has 0 unspecified atom stereocenters. The molecule has 0 saturated heterocycles. The largest absolute Gasteiger partial charge is 0.444 e. The Labute approximate surface area is 109 Å². The minimum atomic E-state index is -0.472. The van der Waals surface area contributed by atoms with E-state index in [1.165, 1.54) is 0 Å². The first kappa shape index (κ1) is 15.0. The monoisotopic (exact) mass is 255 g/mol. The summed E-state index contributed by atoms with van der Waals surface area (Å²) in [5.41, 5.74) is -0.472. The Kier molecular flexibility index (Phi) is 4.77. The van der Waals surface area contributed by atoms with Crippen LogP contribution in [-0.2, 0) is 9.53 Å². The highest BCUT2D eigenvalue weighted by Gasteiger charge is 2.42. The number of alkyl carbamates (subject to hydrolysis) is 1. The molecule has 0 radical (unpaired) electrons. The van der Waals surface area contributed by atoms with Gasteiger partial charge < -0.3 is 10.1 Å². The molecule has 1 rings (SSSR count). The fourth-order valence-electron chi connectivity index (χ4n) is 1.95. The maximum Gasteiger partial charge on any atom is 0.407 e. The Balaban J connectivity index is 2.20. The fourth-order valence-corrected chi connectivity index (χ4v) is 1.95. The van der Waals surface area contributed by atoms with Crippen molar-refractivity contribution in [2.75, 3.05) is 6.54 Å². The first-order valence-electron chi connectivity index (χ1n) is 6.68. The van der Waals surface area contributed by atoms with Crippen molar-refractivity contribution in [3.8, 4) is 0 Å². The minimum Gasteiger partial charge on any atom is -0.444 e. The Bertz CT molecular complexity index is 317. The van der Waals surface area contributed by atoms with Crippen LogP contribution in [0.25, 0.3) is 0 Å². The molecule has 1 aliphatic carbocycles. The van der Waals surface area contributed by atoms with E-state index in [9.17, 15) is 9.59 Å². The van der Waals surface area contributed by atoms with Crippen LogP contribution in [-0.4, -0.2) is 24.0 Å². The van der Waals surface area contributed by atoms with E-state index in [2.05, 4.69) is 5.32 Å². The number of rotatable bonds is 5. The van der Waals surface area contributed by atoms with E-state index in [0.717, 1.165) is 6.42 Å². The first-order valence-corrected chi connectivity index (χ1v) is 6.68. The van der Waals surface area contributed by atoms with Crippen molar-refractivity contribution >= 4 is 11.9 Å². The molecule has 0 spiro atoms. The summed E-state index contributed by atoms with van der Waals surface area (Å²) in [6.45, 7) is 10.1. The topological polar surface area (TPSA) is 55.4 Å². The normalized spacial score (nSPS) is 22.8. The summed E-state index contributed by atoms with van der Waals surface area (Å²) in [6, 6.07) is 0. The van der Waals surface area contributed by atoms with E-state index in [0.29, 0.717) is 30.6 Å². The molecule has 4 heteroatoms. The smallest absolute Gasteiger partial charge is 0.407 e. The molecule has 0 aromatic carbocycles. The van der Waals surface area contributed by atoms with E-state index in [4.69, 9.17) is 4.74 Å². The van der Waals surface area contributed by atoms with Crippen LogP contribution >= 0.6 is 0 Å². The van der Waals surface area contributed by atoms with Crippen LogP contribution in [0.15, 0.2) is 0 Å². The minimum absolute atomic E-state index is 0.155. The average Bonchev–Trinajstić information content (AvgIpc) is 2.89. The molecule has 104 valence electrons. The highest BCUT2D eigenvalue weighted by atomic mass is 16.6. The lowest BCUT2D eigenvalue weighted by molar-refractivity contribution is -0.121. The van der Waals surface area contributed by atoms with Gasteiger partial charge in [0.25, 0.3) is 0 Å². The summed E-state index contributed by atoms with van der Waals surface area (Å²) in [4.78, 5) is 23.2. The standard InChI is InChI=1S/C14H25NO3/c1-9(2)6-12(16)11-7-10(11)8-15-13(17)18-14(3,4)5/h9-11H,6-8H2,1-5H3,(H,15,17)/t10-,11-/m0/s1.